The zero-order valence-electron chi connectivity index (χ0n) is 17.6. The molecule has 0 saturated carbocycles. The molecule has 0 radical (unpaired) electrons. The highest BCUT2D eigenvalue weighted by molar-refractivity contribution is 6.30. The van der Waals surface area contributed by atoms with Gasteiger partial charge < -0.3 is 19.5 Å². The molecule has 0 bridgehead atoms. The second-order valence-corrected chi connectivity index (χ2v) is 7.05. The van der Waals surface area contributed by atoms with Gasteiger partial charge in [0.15, 0.2) is 11.5 Å². The topological polar surface area (TPSA) is 80.6 Å². The summed E-state index contributed by atoms with van der Waals surface area (Å²) in [5.74, 6) is 0.827. The summed E-state index contributed by atoms with van der Waals surface area (Å²) in [5, 5.41) is 13.0. The molecule has 0 atom stereocenters. The summed E-state index contributed by atoms with van der Waals surface area (Å²) in [6.45, 7) is 0.258. The highest BCUT2D eigenvalue weighted by atomic mass is 35.5. The molecule has 0 aliphatic heterocycles. The van der Waals surface area contributed by atoms with E-state index in [0.29, 0.717) is 33.5 Å². The van der Waals surface area contributed by atoms with Crippen molar-refractivity contribution in [1.29, 1.82) is 5.26 Å². The molecule has 0 aromatic heterocycles. The molecule has 0 heterocycles. The monoisotopic (exact) mass is 448 g/mol. The Hall–Kier alpha value is -3.95. The molecule has 1 amide bonds. The lowest BCUT2D eigenvalue weighted by molar-refractivity contribution is -0.112. The molecule has 0 unspecified atom stereocenters. The van der Waals surface area contributed by atoms with Gasteiger partial charge in [0, 0.05) is 10.6 Å². The third-order valence-corrected chi connectivity index (χ3v) is 4.80. The Morgan fingerprint density at radius 3 is 2.38 bits per heavy atom. The fraction of sp³-hybridized carbons (Fsp3) is 0.120. The van der Waals surface area contributed by atoms with Gasteiger partial charge in [0.05, 0.1) is 19.9 Å². The van der Waals surface area contributed by atoms with E-state index in [1.54, 1.807) is 54.6 Å². The van der Waals surface area contributed by atoms with E-state index < -0.39 is 5.91 Å². The van der Waals surface area contributed by atoms with Crippen molar-refractivity contribution < 1.29 is 19.0 Å². The van der Waals surface area contributed by atoms with Crippen molar-refractivity contribution in [3.63, 3.8) is 0 Å². The second-order valence-electron chi connectivity index (χ2n) is 6.62. The Kier molecular flexibility index (Phi) is 7.74. The molecular weight excluding hydrogens is 428 g/mol. The fourth-order valence-electron chi connectivity index (χ4n) is 2.94. The molecule has 32 heavy (non-hydrogen) atoms. The van der Waals surface area contributed by atoms with Crippen LogP contribution in [0.1, 0.15) is 11.1 Å². The number of rotatable bonds is 8. The average Bonchev–Trinajstić information content (AvgIpc) is 2.82. The van der Waals surface area contributed by atoms with E-state index in [1.807, 2.05) is 18.2 Å². The summed E-state index contributed by atoms with van der Waals surface area (Å²) in [7, 11) is 3.03. The van der Waals surface area contributed by atoms with Crippen LogP contribution in [0, 0.1) is 11.3 Å². The maximum absolute atomic E-state index is 12.8. The Morgan fingerprint density at radius 1 is 1.00 bits per heavy atom. The van der Waals surface area contributed by atoms with E-state index >= 15 is 0 Å². The maximum Gasteiger partial charge on any atom is 0.266 e. The van der Waals surface area contributed by atoms with Crippen molar-refractivity contribution in [3.05, 3.63) is 88.5 Å². The van der Waals surface area contributed by atoms with Gasteiger partial charge in [-0.1, -0.05) is 48.0 Å². The quantitative estimate of drug-likeness (QED) is 0.364. The molecule has 6 nitrogen and oxygen atoms in total. The van der Waals surface area contributed by atoms with Crippen molar-refractivity contribution in [2.45, 2.75) is 6.61 Å². The van der Waals surface area contributed by atoms with Crippen LogP contribution in [-0.2, 0) is 11.4 Å². The van der Waals surface area contributed by atoms with Gasteiger partial charge >= 0.3 is 0 Å². The van der Waals surface area contributed by atoms with Gasteiger partial charge in [0.2, 0.25) is 0 Å². The van der Waals surface area contributed by atoms with Gasteiger partial charge in [-0.2, -0.15) is 5.26 Å². The minimum absolute atomic E-state index is 0.0968. The van der Waals surface area contributed by atoms with Gasteiger partial charge in [-0.3, -0.25) is 4.79 Å². The third kappa shape index (κ3) is 5.60. The summed E-state index contributed by atoms with van der Waals surface area (Å²) < 4.78 is 16.7. The predicted octanol–water partition coefficient (Wildman–Crippen LogP) is 5.48. The number of amides is 1. The summed E-state index contributed by atoms with van der Waals surface area (Å²) in [4.78, 5) is 12.8. The van der Waals surface area contributed by atoms with Crippen LogP contribution in [-0.4, -0.2) is 20.1 Å². The molecule has 0 aliphatic carbocycles. The van der Waals surface area contributed by atoms with Gasteiger partial charge in [0.1, 0.15) is 24.0 Å². The molecule has 3 aromatic rings. The molecular formula is C25H21ClN2O4. The number of methoxy groups -OCH3 is 2. The standard InChI is InChI=1S/C25H21ClN2O4/c1-30-22-8-4-3-7-21(22)28-25(29)19(15-27)14-18-6-5-9-23(31-2)24(18)32-16-17-10-12-20(26)13-11-17/h3-14H,16H2,1-2H3,(H,28,29)/b19-14+. The van der Waals surface area contributed by atoms with E-state index in [2.05, 4.69) is 5.32 Å². The highest BCUT2D eigenvalue weighted by Gasteiger charge is 2.15. The zero-order valence-corrected chi connectivity index (χ0v) is 18.3. The lowest BCUT2D eigenvalue weighted by Crippen LogP contribution is -2.14. The van der Waals surface area contributed by atoms with Crippen LogP contribution in [0.25, 0.3) is 6.08 Å². The van der Waals surface area contributed by atoms with Crippen LogP contribution < -0.4 is 19.5 Å². The molecule has 0 aliphatic rings. The number of hydrogen-bond acceptors (Lipinski definition) is 5. The number of ether oxygens (including phenoxy) is 3. The van der Waals surface area contributed by atoms with Crippen LogP contribution in [0.15, 0.2) is 72.3 Å². The number of halogens is 1. The third-order valence-electron chi connectivity index (χ3n) is 4.55. The molecule has 0 saturated heterocycles. The Balaban J connectivity index is 1.88. The van der Waals surface area contributed by atoms with Crippen molar-refractivity contribution in [3.8, 4) is 23.3 Å². The summed E-state index contributed by atoms with van der Waals surface area (Å²) in [6, 6.07) is 21.4. The highest BCUT2D eigenvalue weighted by Crippen LogP contribution is 2.33. The normalized spacial score (nSPS) is 10.8. The Morgan fingerprint density at radius 2 is 1.69 bits per heavy atom. The van der Waals surface area contributed by atoms with Crippen LogP contribution in [0.4, 0.5) is 5.69 Å². The molecule has 162 valence electrons. The average molecular weight is 449 g/mol. The number of carbonyl (C=O) groups excluding carboxylic acids is 1. The van der Waals surface area contributed by atoms with Gasteiger partial charge in [-0.15, -0.1) is 0 Å². The Labute approximate surface area is 191 Å². The predicted molar refractivity (Wildman–Crippen MR) is 124 cm³/mol. The number of hydrogen-bond donors (Lipinski definition) is 1. The van der Waals surface area contributed by atoms with Crippen LogP contribution in [0.2, 0.25) is 5.02 Å². The van der Waals surface area contributed by atoms with Crippen LogP contribution in [0.5, 0.6) is 17.2 Å². The molecule has 1 N–H and O–H groups in total. The number of nitrogens with one attached hydrogen (secondary N) is 1. The number of anilines is 1. The first-order valence-electron chi connectivity index (χ1n) is 9.66. The van der Waals surface area contributed by atoms with Crippen molar-refractivity contribution in [1.82, 2.24) is 0 Å². The number of benzene rings is 3. The second kappa shape index (κ2) is 10.9. The van der Waals surface area contributed by atoms with E-state index in [4.69, 9.17) is 25.8 Å². The molecule has 0 fully saturated rings. The summed E-state index contributed by atoms with van der Waals surface area (Å²) in [5.41, 5.74) is 1.81. The van der Waals surface area contributed by atoms with E-state index in [1.165, 1.54) is 20.3 Å². The number of para-hydroxylation sites is 3. The van der Waals surface area contributed by atoms with Crippen molar-refractivity contribution >= 4 is 29.3 Å². The summed E-state index contributed by atoms with van der Waals surface area (Å²) in [6.07, 6.45) is 1.46. The zero-order chi connectivity index (χ0) is 22.9. The molecule has 3 rings (SSSR count). The number of carbonyl (C=O) groups is 1. The first-order valence-corrected chi connectivity index (χ1v) is 10.0. The number of nitriles is 1. The van der Waals surface area contributed by atoms with E-state index in [-0.39, 0.29) is 12.2 Å². The SMILES string of the molecule is COc1ccccc1NC(=O)/C(C#N)=C/c1cccc(OC)c1OCc1ccc(Cl)cc1. The van der Waals surface area contributed by atoms with Crippen molar-refractivity contribution in [2.75, 3.05) is 19.5 Å². The minimum Gasteiger partial charge on any atom is -0.495 e. The largest absolute Gasteiger partial charge is 0.495 e. The minimum atomic E-state index is -0.566. The lowest BCUT2D eigenvalue weighted by atomic mass is 10.1. The van der Waals surface area contributed by atoms with E-state index in [9.17, 15) is 10.1 Å². The van der Waals surface area contributed by atoms with Crippen LogP contribution in [0.3, 0.4) is 0 Å². The van der Waals surface area contributed by atoms with E-state index in [0.717, 1.165) is 5.56 Å². The lowest BCUT2D eigenvalue weighted by Gasteiger charge is -2.14. The summed E-state index contributed by atoms with van der Waals surface area (Å²) >= 11 is 5.94. The molecule has 3 aromatic carbocycles. The van der Waals surface area contributed by atoms with Gasteiger partial charge in [0.25, 0.3) is 5.91 Å². The van der Waals surface area contributed by atoms with Gasteiger partial charge in [-0.25, -0.2) is 0 Å². The smallest absolute Gasteiger partial charge is 0.266 e. The fourth-order valence-corrected chi connectivity index (χ4v) is 3.07. The maximum atomic E-state index is 12.8. The number of nitrogens with zero attached hydrogens (tertiary/aromatic N) is 1. The van der Waals surface area contributed by atoms with Crippen LogP contribution >= 0.6 is 11.6 Å². The molecule has 7 heteroatoms. The first-order chi connectivity index (χ1) is 15.5. The first kappa shape index (κ1) is 22.7. The van der Waals surface area contributed by atoms with Crippen molar-refractivity contribution in [2.24, 2.45) is 0 Å². The molecule has 0 spiro atoms. The Bertz CT molecular complexity index is 1170. The van der Waals surface area contributed by atoms with Gasteiger partial charge in [-0.05, 0) is 42.0 Å².